The monoisotopic (exact) mass is 383 g/mol. The third kappa shape index (κ3) is 5.01. The van der Waals surface area contributed by atoms with E-state index in [9.17, 15) is 0 Å². The first kappa shape index (κ1) is 19.7. The van der Waals surface area contributed by atoms with Crippen molar-refractivity contribution in [3.8, 4) is 11.5 Å². The molecule has 0 aromatic heterocycles. The summed E-state index contributed by atoms with van der Waals surface area (Å²) in [5.74, 6) is 2.81. The van der Waals surface area contributed by atoms with E-state index in [1.165, 1.54) is 19.3 Å². The fraction of sp³-hybridized carbons (Fsp3) is 0.435. The Kier molecular flexibility index (Phi) is 6.73. The molecule has 1 saturated carbocycles. The smallest absolute Gasteiger partial charge is 0.161 e. The number of thiocarbonyl (C=S) groups is 1. The highest BCUT2D eigenvalue weighted by Gasteiger charge is 2.27. The van der Waals surface area contributed by atoms with Crippen LogP contribution in [0.3, 0.4) is 0 Å². The van der Waals surface area contributed by atoms with E-state index in [2.05, 4.69) is 19.2 Å². The Morgan fingerprint density at radius 1 is 1.07 bits per heavy atom. The fourth-order valence-electron chi connectivity index (χ4n) is 3.70. The lowest BCUT2D eigenvalue weighted by Gasteiger charge is -2.35. The molecule has 2 aromatic rings. The minimum atomic E-state index is 0.446. The van der Waals surface area contributed by atoms with Gasteiger partial charge in [0.05, 0.1) is 7.11 Å². The number of ether oxygens (including phenoxy) is 2. The van der Waals surface area contributed by atoms with Crippen LogP contribution in [0.5, 0.6) is 11.5 Å². The highest BCUT2D eigenvalue weighted by atomic mass is 32.1. The van der Waals surface area contributed by atoms with E-state index in [4.69, 9.17) is 21.7 Å². The van der Waals surface area contributed by atoms with Gasteiger partial charge < -0.3 is 14.8 Å². The number of methoxy groups -OCH3 is 1. The molecule has 2 aromatic carbocycles. The highest BCUT2D eigenvalue weighted by Crippen LogP contribution is 2.31. The predicted octanol–water partition coefficient (Wildman–Crippen LogP) is 5.36. The van der Waals surface area contributed by atoms with Crippen LogP contribution in [0.4, 0.5) is 0 Å². The second-order valence-corrected chi connectivity index (χ2v) is 7.90. The summed E-state index contributed by atoms with van der Waals surface area (Å²) < 4.78 is 11.5. The molecule has 0 unspecified atom stereocenters. The van der Waals surface area contributed by atoms with Crippen LogP contribution >= 0.6 is 12.2 Å². The molecule has 1 fully saturated rings. The Balaban J connectivity index is 1.66. The maximum atomic E-state index is 5.94. The Hall–Kier alpha value is -2.07. The van der Waals surface area contributed by atoms with Crippen molar-refractivity contribution in [2.45, 2.75) is 45.8 Å². The molecule has 27 heavy (non-hydrogen) atoms. The van der Waals surface area contributed by atoms with Gasteiger partial charge in [0.15, 0.2) is 11.5 Å². The van der Waals surface area contributed by atoms with Crippen LogP contribution in [0.2, 0.25) is 0 Å². The van der Waals surface area contributed by atoms with Gasteiger partial charge in [0.25, 0.3) is 0 Å². The van der Waals surface area contributed by atoms with Gasteiger partial charge in [-0.3, -0.25) is 0 Å². The van der Waals surface area contributed by atoms with Gasteiger partial charge in [-0.2, -0.15) is 0 Å². The molecule has 0 spiro atoms. The fourth-order valence-corrected chi connectivity index (χ4v) is 3.98. The first-order chi connectivity index (χ1) is 13.1. The summed E-state index contributed by atoms with van der Waals surface area (Å²) in [5.41, 5.74) is 2.10. The van der Waals surface area contributed by atoms with Crippen LogP contribution in [0.25, 0.3) is 0 Å². The molecule has 1 aliphatic rings. The normalized spacial score (nSPS) is 22.1. The number of hydrogen-bond acceptors (Lipinski definition) is 3. The molecule has 1 aliphatic carbocycles. The van der Waals surface area contributed by atoms with Gasteiger partial charge in [-0.15, -0.1) is 0 Å². The second-order valence-electron chi connectivity index (χ2n) is 7.49. The Bertz CT molecular complexity index is 762. The zero-order valence-corrected chi connectivity index (χ0v) is 17.2. The third-order valence-electron chi connectivity index (χ3n) is 5.69. The zero-order chi connectivity index (χ0) is 19.2. The van der Waals surface area contributed by atoms with E-state index < -0.39 is 0 Å². The predicted molar refractivity (Wildman–Crippen MR) is 115 cm³/mol. The lowest BCUT2D eigenvalue weighted by atomic mass is 9.78. The summed E-state index contributed by atoms with van der Waals surface area (Å²) in [7, 11) is 1.66. The molecule has 0 heterocycles. The first-order valence-electron chi connectivity index (χ1n) is 9.74. The van der Waals surface area contributed by atoms with E-state index in [-0.39, 0.29) is 0 Å². The molecule has 0 amide bonds. The van der Waals surface area contributed by atoms with Crippen molar-refractivity contribution in [3.63, 3.8) is 0 Å². The number of hydrogen-bond donors (Lipinski definition) is 1. The maximum Gasteiger partial charge on any atom is 0.161 e. The third-order valence-corrected chi connectivity index (χ3v) is 6.04. The molecule has 0 aliphatic heterocycles. The van der Waals surface area contributed by atoms with Crippen molar-refractivity contribution in [1.82, 2.24) is 5.32 Å². The van der Waals surface area contributed by atoms with E-state index in [0.717, 1.165) is 27.8 Å². The largest absolute Gasteiger partial charge is 0.493 e. The van der Waals surface area contributed by atoms with Gasteiger partial charge in [0.2, 0.25) is 0 Å². The summed E-state index contributed by atoms with van der Waals surface area (Å²) in [6, 6.07) is 16.5. The van der Waals surface area contributed by atoms with Crippen molar-refractivity contribution in [3.05, 3.63) is 59.7 Å². The number of nitrogens with one attached hydrogen (secondary N) is 1. The van der Waals surface area contributed by atoms with Crippen LogP contribution in [0, 0.1) is 11.8 Å². The molecule has 3 rings (SSSR count). The van der Waals surface area contributed by atoms with Gasteiger partial charge in [0.1, 0.15) is 11.6 Å². The Labute approximate surface area is 168 Å². The molecule has 3 atom stereocenters. The summed E-state index contributed by atoms with van der Waals surface area (Å²) in [5, 5.41) is 3.58. The summed E-state index contributed by atoms with van der Waals surface area (Å²) >= 11 is 5.68. The van der Waals surface area contributed by atoms with E-state index >= 15 is 0 Å². The second kappa shape index (κ2) is 9.23. The van der Waals surface area contributed by atoms with Gasteiger partial charge in [0, 0.05) is 11.6 Å². The van der Waals surface area contributed by atoms with E-state index in [0.29, 0.717) is 24.3 Å². The molecular formula is C23H29NO2S. The quantitative estimate of drug-likeness (QED) is 0.680. The van der Waals surface area contributed by atoms with Crippen LogP contribution in [-0.2, 0) is 6.61 Å². The van der Waals surface area contributed by atoms with Crippen molar-refractivity contribution in [2.75, 3.05) is 7.11 Å². The van der Waals surface area contributed by atoms with Crippen LogP contribution in [-0.4, -0.2) is 18.1 Å². The van der Waals surface area contributed by atoms with Crippen LogP contribution in [0.15, 0.2) is 48.5 Å². The summed E-state index contributed by atoms with van der Waals surface area (Å²) in [4.78, 5) is 0.786. The minimum Gasteiger partial charge on any atom is -0.493 e. The minimum absolute atomic E-state index is 0.446. The number of benzene rings is 2. The molecule has 144 valence electrons. The summed E-state index contributed by atoms with van der Waals surface area (Å²) in [6.45, 7) is 5.17. The van der Waals surface area contributed by atoms with Gasteiger partial charge in [-0.25, -0.2) is 0 Å². The molecule has 1 N–H and O–H groups in total. The van der Waals surface area contributed by atoms with Gasteiger partial charge in [-0.1, -0.05) is 69.2 Å². The van der Waals surface area contributed by atoms with E-state index in [1.54, 1.807) is 7.11 Å². The first-order valence-corrected chi connectivity index (χ1v) is 10.1. The molecule has 4 heteroatoms. The maximum absolute atomic E-state index is 5.94. The number of rotatable bonds is 6. The van der Waals surface area contributed by atoms with Crippen molar-refractivity contribution in [1.29, 1.82) is 0 Å². The Morgan fingerprint density at radius 2 is 1.85 bits per heavy atom. The SMILES string of the molecule is COc1cc(C(=S)N[C@@H]2CCC[C@@H](C)[C@H]2C)ccc1OCc1ccccc1. The zero-order valence-electron chi connectivity index (χ0n) is 16.4. The van der Waals surface area contributed by atoms with Crippen LogP contribution in [0.1, 0.15) is 44.2 Å². The standard InChI is InChI=1S/C23H29NO2S/c1-16-8-7-11-20(17(16)2)24-23(27)19-12-13-21(22(14-19)25-3)26-15-18-9-5-4-6-10-18/h4-6,9-10,12-14,16-17,20H,7-8,11,15H2,1-3H3,(H,24,27)/t16-,17-,20-/m1/s1. The lowest BCUT2D eigenvalue weighted by molar-refractivity contribution is 0.225. The highest BCUT2D eigenvalue weighted by molar-refractivity contribution is 7.80. The topological polar surface area (TPSA) is 30.5 Å². The van der Waals surface area contributed by atoms with Crippen molar-refractivity contribution >= 4 is 17.2 Å². The Morgan fingerprint density at radius 3 is 2.59 bits per heavy atom. The summed E-state index contributed by atoms with van der Waals surface area (Å²) in [6.07, 6.45) is 3.76. The molecular weight excluding hydrogens is 354 g/mol. The van der Waals surface area contributed by atoms with Crippen molar-refractivity contribution in [2.24, 2.45) is 11.8 Å². The lowest BCUT2D eigenvalue weighted by Crippen LogP contribution is -2.43. The average Bonchev–Trinajstić information content (AvgIpc) is 2.70. The van der Waals surface area contributed by atoms with E-state index in [1.807, 2.05) is 48.5 Å². The molecule has 0 radical (unpaired) electrons. The molecule has 0 saturated heterocycles. The van der Waals surface area contributed by atoms with Gasteiger partial charge in [-0.05, 0) is 42.0 Å². The molecule has 3 nitrogen and oxygen atoms in total. The molecule has 0 bridgehead atoms. The van der Waals surface area contributed by atoms with Crippen molar-refractivity contribution < 1.29 is 9.47 Å². The van der Waals surface area contributed by atoms with Gasteiger partial charge >= 0.3 is 0 Å². The van der Waals surface area contributed by atoms with Crippen LogP contribution < -0.4 is 14.8 Å². The average molecular weight is 384 g/mol.